The molecule has 1 aromatic heterocycles. The second-order valence-corrected chi connectivity index (χ2v) is 8.57. The van der Waals surface area contributed by atoms with Crippen molar-refractivity contribution in [2.45, 2.75) is 13.0 Å². The van der Waals surface area contributed by atoms with E-state index in [0.717, 1.165) is 39.3 Å². The summed E-state index contributed by atoms with van der Waals surface area (Å²) >= 11 is 0. The summed E-state index contributed by atoms with van der Waals surface area (Å²) in [5, 5.41) is 14.0. The maximum atomic E-state index is 13.4. The van der Waals surface area contributed by atoms with E-state index in [0.29, 0.717) is 19.6 Å². The topological polar surface area (TPSA) is 70.6 Å². The molecule has 2 amide bonds. The summed E-state index contributed by atoms with van der Waals surface area (Å²) in [6.45, 7) is 3.85. The number of anilines is 2. The van der Waals surface area contributed by atoms with Gasteiger partial charge in [0.25, 0.3) is 0 Å². The summed E-state index contributed by atoms with van der Waals surface area (Å²) in [5.41, 5.74) is 2.25. The number of piperazine rings is 1. The van der Waals surface area contributed by atoms with E-state index in [-0.39, 0.29) is 30.3 Å². The van der Waals surface area contributed by atoms with Crippen LogP contribution in [0, 0.1) is 5.82 Å². The zero-order chi connectivity index (χ0) is 24.4. The Kier molecular flexibility index (Phi) is 7.55. The average molecular weight is 508 g/mol. The highest BCUT2D eigenvalue weighted by atomic mass is 35.5. The number of nitrogens with zero attached hydrogens (tertiary/aromatic N) is 4. The third kappa shape index (κ3) is 5.04. The van der Waals surface area contributed by atoms with Crippen LogP contribution in [0.2, 0.25) is 0 Å². The number of benzene rings is 3. The molecule has 1 aliphatic rings. The third-order valence-electron chi connectivity index (χ3n) is 6.31. The molecule has 3 aromatic carbocycles. The molecule has 1 saturated heterocycles. The van der Waals surface area contributed by atoms with Crippen LogP contribution in [0.25, 0.3) is 22.0 Å². The van der Waals surface area contributed by atoms with Crippen LogP contribution in [-0.4, -0.2) is 53.9 Å². The van der Waals surface area contributed by atoms with E-state index < -0.39 is 0 Å². The van der Waals surface area contributed by atoms with Crippen LogP contribution in [0.15, 0.2) is 72.8 Å². The first-order valence-electron chi connectivity index (χ1n) is 11.5. The van der Waals surface area contributed by atoms with Crippen LogP contribution >= 0.6 is 12.4 Å². The highest BCUT2D eigenvalue weighted by Gasteiger charge is 2.29. The second kappa shape index (κ2) is 10.8. The Bertz CT molecular complexity index is 1350. The number of rotatable bonds is 4. The summed E-state index contributed by atoms with van der Waals surface area (Å²) in [5.74, 6) is 1.24. The molecule has 0 saturated carbocycles. The van der Waals surface area contributed by atoms with Gasteiger partial charge in [-0.3, -0.25) is 0 Å². The number of ether oxygens (including phenoxy) is 1. The molecule has 2 heterocycles. The van der Waals surface area contributed by atoms with Crippen LogP contribution in [0.1, 0.15) is 6.92 Å². The van der Waals surface area contributed by atoms with Gasteiger partial charge in [0.2, 0.25) is 0 Å². The molecule has 9 heteroatoms. The first kappa shape index (κ1) is 25.2. The molecule has 4 aromatic rings. The fraction of sp³-hybridized carbons (Fsp3) is 0.222. The molecule has 1 N–H and O–H groups in total. The minimum Gasteiger partial charge on any atom is -0.497 e. The summed E-state index contributed by atoms with van der Waals surface area (Å²) < 4.78 is 18.6. The molecule has 0 aliphatic carbocycles. The Morgan fingerprint density at radius 1 is 0.972 bits per heavy atom. The number of hydrogen-bond donors (Lipinski definition) is 1. The van der Waals surface area contributed by atoms with Gasteiger partial charge >= 0.3 is 6.03 Å². The van der Waals surface area contributed by atoms with Crippen LogP contribution in [0.5, 0.6) is 5.75 Å². The zero-order valence-corrected chi connectivity index (χ0v) is 20.8. The largest absolute Gasteiger partial charge is 0.497 e. The maximum Gasteiger partial charge on any atom is 0.322 e. The number of aromatic nitrogens is 2. The molecule has 186 valence electrons. The van der Waals surface area contributed by atoms with Crippen molar-refractivity contribution in [3.05, 3.63) is 78.6 Å². The fourth-order valence-electron chi connectivity index (χ4n) is 4.47. The van der Waals surface area contributed by atoms with E-state index in [2.05, 4.69) is 20.4 Å². The van der Waals surface area contributed by atoms with Crippen LogP contribution in [0.4, 0.5) is 20.7 Å². The predicted octanol–water partition coefficient (Wildman–Crippen LogP) is 5.61. The molecule has 0 radical (unpaired) electrons. The van der Waals surface area contributed by atoms with Crippen molar-refractivity contribution in [3.8, 4) is 17.0 Å². The molecule has 0 unspecified atom stereocenters. The summed E-state index contributed by atoms with van der Waals surface area (Å²) in [6, 6.07) is 21.4. The van der Waals surface area contributed by atoms with Gasteiger partial charge in [-0.1, -0.05) is 24.3 Å². The normalized spacial score (nSPS) is 15.4. The summed E-state index contributed by atoms with van der Waals surface area (Å²) in [7, 11) is 1.61. The average Bonchev–Trinajstić information content (AvgIpc) is 2.89. The lowest BCUT2D eigenvalue weighted by Crippen LogP contribution is -2.55. The molecule has 5 rings (SSSR count). The van der Waals surface area contributed by atoms with Crippen LogP contribution in [-0.2, 0) is 0 Å². The van der Waals surface area contributed by atoms with Crippen molar-refractivity contribution >= 4 is 40.7 Å². The third-order valence-corrected chi connectivity index (χ3v) is 6.31. The van der Waals surface area contributed by atoms with Gasteiger partial charge in [0.1, 0.15) is 17.3 Å². The fourth-order valence-corrected chi connectivity index (χ4v) is 4.47. The van der Waals surface area contributed by atoms with E-state index >= 15 is 0 Å². The number of carbonyl (C=O) groups is 1. The minimum atomic E-state index is -0.287. The van der Waals surface area contributed by atoms with Crippen molar-refractivity contribution in [2.24, 2.45) is 0 Å². The second-order valence-electron chi connectivity index (χ2n) is 8.57. The number of carbonyl (C=O) groups excluding carboxylic acids is 1. The minimum absolute atomic E-state index is 0. The Labute approximate surface area is 215 Å². The molecular formula is C27H27ClFN5O2. The lowest BCUT2D eigenvalue weighted by Gasteiger charge is -2.40. The Morgan fingerprint density at radius 3 is 2.33 bits per heavy atom. The first-order valence-corrected chi connectivity index (χ1v) is 11.5. The van der Waals surface area contributed by atoms with E-state index in [1.807, 2.05) is 60.4 Å². The van der Waals surface area contributed by atoms with E-state index in [9.17, 15) is 9.18 Å². The number of methoxy groups -OCH3 is 1. The Morgan fingerprint density at radius 2 is 1.67 bits per heavy atom. The monoisotopic (exact) mass is 507 g/mol. The predicted molar refractivity (Wildman–Crippen MR) is 143 cm³/mol. The number of fused-ring (bicyclic) bond motifs is 1. The number of hydrogen-bond acceptors (Lipinski definition) is 5. The zero-order valence-electron chi connectivity index (χ0n) is 20.0. The van der Waals surface area contributed by atoms with E-state index in [1.165, 1.54) is 12.1 Å². The van der Waals surface area contributed by atoms with Gasteiger partial charge in [-0.25, -0.2) is 9.18 Å². The van der Waals surface area contributed by atoms with Gasteiger partial charge in [-0.05, 0) is 55.5 Å². The molecule has 1 aliphatic heterocycles. The Balaban J connectivity index is 0.00000304. The number of amides is 2. The lowest BCUT2D eigenvalue weighted by atomic mass is 10.0. The van der Waals surface area contributed by atoms with E-state index in [1.54, 1.807) is 19.2 Å². The number of urea groups is 1. The lowest BCUT2D eigenvalue weighted by molar-refractivity contribution is 0.184. The van der Waals surface area contributed by atoms with Crippen molar-refractivity contribution in [3.63, 3.8) is 0 Å². The van der Waals surface area contributed by atoms with Gasteiger partial charge in [0.05, 0.1) is 7.11 Å². The number of halogens is 2. The molecule has 0 spiro atoms. The molecule has 1 atom stereocenters. The molecule has 1 fully saturated rings. The van der Waals surface area contributed by atoms with Crippen molar-refractivity contribution in [2.75, 3.05) is 37.0 Å². The van der Waals surface area contributed by atoms with Crippen LogP contribution < -0.4 is 15.0 Å². The van der Waals surface area contributed by atoms with Crippen molar-refractivity contribution < 1.29 is 13.9 Å². The summed E-state index contributed by atoms with van der Waals surface area (Å²) in [6.07, 6.45) is 0. The number of nitrogens with one attached hydrogen (secondary N) is 1. The quantitative estimate of drug-likeness (QED) is 0.389. The Hall–Kier alpha value is -3.91. The molecular weight excluding hydrogens is 481 g/mol. The summed E-state index contributed by atoms with van der Waals surface area (Å²) in [4.78, 5) is 16.9. The van der Waals surface area contributed by atoms with Crippen molar-refractivity contribution in [1.82, 2.24) is 15.1 Å². The first-order chi connectivity index (χ1) is 17.0. The van der Waals surface area contributed by atoms with Gasteiger partial charge in [0, 0.05) is 47.7 Å². The smallest absolute Gasteiger partial charge is 0.322 e. The van der Waals surface area contributed by atoms with Gasteiger partial charge in [-0.2, -0.15) is 0 Å². The van der Waals surface area contributed by atoms with Crippen LogP contribution in [0.3, 0.4) is 0 Å². The maximum absolute atomic E-state index is 13.4. The van der Waals surface area contributed by atoms with Gasteiger partial charge in [0.15, 0.2) is 5.82 Å². The SMILES string of the molecule is COc1ccc(NC(=O)N2CCN(c3nnc(-c4ccc(F)cc4)c4ccccc34)C[C@@H]2C)cc1.Cl. The molecule has 0 bridgehead atoms. The highest BCUT2D eigenvalue weighted by molar-refractivity contribution is 6.00. The molecule has 7 nitrogen and oxygen atoms in total. The van der Waals surface area contributed by atoms with Crippen molar-refractivity contribution in [1.29, 1.82) is 0 Å². The highest BCUT2D eigenvalue weighted by Crippen LogP contribution is 2.32. The van der Waals surface area contributed by atoms with Gasteiger partial charge < -0.3 is 19.9 Å². The standard InChI is InChI=1S/C27H26FN5O2.ClH/c1-18-17-32(15-16-33(18)27(34)29-21-11-13-22(35-2)14-12-21)26-24-6-4-3-5-23(24)25(30-31-26)19-7-9-20(28)10-8-19;/h3-14,18H,15-17H2,1-2H3,(H,29,34);1H/t18-;/m0./s1. The van der Waals surface area contributed by atoms with Gasteiger partial charge in [-0.15, -0.1) is 22.6 Å². The molecule has 36 heavy (non-hydrogen) atoms. The van der Waals surface area contributed by atoms with E-state index in [4.69, 9.17) is 4.74 Å².